The maximum atomic E-state index is 9.90. The standard InChI is InChI=1S/C26H36N2.C22H33NO2/c1-6-11-12-26(28-25-16-14-21(8-3)23(10-5)18-25)19-27-24-15-13-20(7-2)22(9-4)17-24;1-3-5-7-8-9-10-14-23-20-13-12-17-15-21(24)22(25)16-19(17)18(20)11-6-4-2/h13-19H,6-12H2,1-5H3;12-13,15-16,23-25H,3-11,14H2,1-2H3. The van der Waals surface area contributed by atoms with Gasteiger partial charge in [0.25, 0.3) is 0 Å². The van der Waals surface area contributed by atoms with Gasteiger partial charge in [-0.25, -0.2) is 0 Å². The third-order valence-electron chi connectivity index (χ3n) is 10.2. The molecule has 0 spiro atoms. The van der Waals surface area contributed by atoms with Crippen molar-refractivity contribution in [3.63, 3.8) is 0 Å². The average molecular weight is 720 g/mol. The largest absolute Gasteiger partial charge is 0.504 e. The fourth-order valence-electron chi connectivity index (χ4n) is 6.87. The van der Waals surface area contributed by atoms with Crippen molar-refractivity contribution in [1.29, 1.82) is 0 Å². The van der Waals surface area contributed by atoms with Crippen molar-refractivity contribution >= 4 is 39.8 Å². The normalized spacial score (nSPS) is 11.6. The summed E-state index contributed by atoms with van der Waals surface area (Å²) in [6.07, 6.45) is 20.5. The van der Waals surface area contributed by atoms with Gasteiger partial charge in [-0.1, -0.05) is 112 Å². The first-order chi connectivity index (χ1) is 25.8. The second-order valence-corrected chi connectivity index (χ2v) is 14.2. The summed E-state index contributed by atoms with van der Waals surface area (Å²) in [4.78, 5) is 9.70. The lowest BCUT2D eigenvalue weighted by atomic mass is 9.97. The number of phenolic OH excluding ortho intramolecular Hbond substituents is 2. The molecular weight excluding hydrogens is 651 g/mol. The molecule has 0 aromatic heterocycles. The summed E-state index contributed by atoms with van der Waals surface area (Å²) in [5.41, 5.74) is 11.2. The first kappa shape index (κ1) is 43.3. The second kappa shape index (κ2) is 24.2. The van der Waals surface area contributed by atoms with Gasteiger partial charge in [0, 0.05) is 18.4 Å². The van der Waals surface area contributed by atoms with Crippen LogP contribution in [0.1, 0.15) is 147 Å². The van der Waals surface area contributed by atoms with Crippen molar-refractivity contribution in [3.05, 3.63) is 88.5 Å². The maximum Gasteiger partial charge on any atom is 0.158 e. The first-order valence-corrected chi connectivity index (χ1v) is 20.9. The molecule has 0 unspecified atom stereocenters. The maximum absolute atomic E-state index is 9.90. The van der Waals surface area contributed by atoms with Gasteiger partial charge in [0.15, 0.2) is 11.5 Å². The summed E-state index contributed by atoms with van der Waals surface area (Å²) >= 11 is 0. The van der Waals surface area contributed by atoms with Crippen LogP contribution < -0.4 is 5.32 Å². The van der Waals surface area contributed by atoms with E-state index in [1.54, 1.807) is 12.1 Å². The topological polar surface area (TPSA) is 77.2 Å². The number of nitrogens with one attached hydrogen (secondary N) is 1. The van der Waals surface area contributed by atoms with Crippen LogP contribution in [0.4, 0.5) is 17.1 Å². The molecule has 5 nitrogen and oxygen atoms in total. The van der Waals surface area contributed by atoms with Crippen molar-refractivity contribution in [2.45, 2.75) is 151 Å². The number of anilines is 1. The Balaban J connectivity index is 0.000000287. The van der Waals surface area contributed by atoms with E-state index in [1.807, 2.05) is 12.3 Å². The molecule has 0 aliphatic rings. The van der Waals surface area contributed by atoms with Gasteiger partial charge in [0.2, 0.25) is 0 Å². The van der Waals surface area contributed by atoms with Crippen LogP contribution in [0.5, 0.6) is 11.5 Å². The van der Waals surface area contributed by atoms with Gasteiger partial charge >= 0.3 is 0 Å². The molecule has 53 heavy (non-hydrogen) atoms. The van der Waals surface area contributed by atoms with E-state index in [-0.39, 0.29) is 11.5 Å². The molecule has 0 saturated carbocycles. The molecule has 0 radical (unpaired) electrons. The first-order valence-electron chi connectivity index (χ1n) is 20.9. The molecule has 5 heteroatoms. The summed E-state index contributed by atoms with van der Waals surface area (Å²) in [7, 11) is 0. The average Bonchev–Trinajstić information content (AvgIpc) is 3.18. The molecule has 4 rings (SSSR count). The number of hydrogen-bond acceptors (Lipinski definition) is 5. The van der Waals surface area contributed by atoms with Crippen LogP contribution in [0.25, 0.3) is 10.8 Å². The Morgan fingerprint density at radius 2 is 1.17 bits per heavy atom. The van der Waals surface area contributed by atoms with Gasteiger partial charge in [-0.3, -0.25) is 9.98 Å². The highest BCUT2D eigenvalue weighted by Gasteiger charge is 2.11. The smallest absolute Gasteiger partial charge is 0.158 e. The zero-order chi connectivity index (χ0) is 38.4. The third kappa shape index (κ3) is 14.0. The van der Waals surface area contributed by atoms with Crippen molar-refractivity contribution in [2.24, 2.45) is 9.98 Å². The molecule has 4 aromatic carbocycles. The van der Waals surface area contributed by atoms with Gasteiger partial charge in [0.1, 0.15) is 0 Å². The van der Waals surface area contributed by atoms with E-state index in [0.29, 0.717) is 0 Å². The molecule has 0 atom stereocenters. The Hall–Kier alpha value is -4.12. The number of hydrogen-bond donors (Lipinski definition) is 3. The summed E-state index contributed by atoms with van der Waals surface area (Å²) in [5.74, 6) is -0.0972. The van der Waals surface area contributed by atoms with Crippen LogP contribution in [0, 0.1) is 0 Å². The van der Waals surface area contributed by atoms with E-state index in [0.717, 1.165) is 98.6 Å². The lowest BCUT2D eigenvalue weighted by molar-refractivity contribution is 0.405. The lowest BCUT2D eigenvalue weighted by Gasteiger charge is -2.16. The van der Waals surface area contributed by atoms with E-state index in [9.17, 15) is 10.2 Å². The number of phenols is 2. The highest BCUT2D eigenvalue weighted by Crippen LogP contribution is 2.35. The number of aliphatic imine (C=N–C) groups is 2. The van der Waals surface area contributed by atoms with Gasteiger partial charge < -0.3 is 15.5 Å². The molecule has 0 aliphatic carbocycles. The van der Waals surface area contributed by atoms with E-state index in [1.165, 1.54) is 72.0 Å². The molecule has 0 heterocycles. The lowest BCUT2D eigenvalue weighted by Crippen LogP contribution is -2.05. The summed E-state index contributed by atoms with van der Waals surface area (Å²) in [6, 6.07) is 20.6. The molecule has 0 aliphatic heterocycles. The van der Waals surface area contributed by atoms with Gasteiger partial charge in [-0.15, -0.1) is 0 Å². The Morgan fingerprint density at radius 3 is 1.81 bits per heavy atom. The summed E-state index contributed by atoms with van der Waals surface area (Å²) in [6.45, 7) is 16.5. The van der Waals surface area contributed by atoms with Crippen LogP contribution in [-0.2, 0) is 32.1 Å². The van der Waals surface area contributed by atoms with Crippen LogP contribution >= 0.6 is 0 Å². The van der Waals surface area contributed by atoms with Crippen molar-refractivity contribution in [1.82, 2.24) is 0 Å². The Labute approximate surface area is 322 Å². The van der Waals surface area contributed by atoms with E-state index >= 15 is 0 Å². The minimum atomic E-state index is -0.0540. The number of rotatable bonds is 21. The van der Waals surface area contributed by atoms with Gasteiger partial charge in [0.05, 0.1) is 17.1 Å². The number of benzene rings is 4. The molecule has 288 valence electrons. The fraction of sp³-hybridized carbons (Fsp3) is 0.500. The molecule has 3 N–H and O–H groups in total. The van der Waals surface area contributed by atoms with Crippen LogP contribution in [0.3, 0.4) is 0 Å². The molecule has 4 aromatic rings. The predicted molar refractivity (Wildman–Crippen MR) is 233 cm³/mol. The molecule has 0 bridgehead atoms. The van der Waals surface area contributed by atoms with E-state index in [2.05, 4.69) is 96.2 Å². The minimum absolute atomic E-state index is 0.0432. The quantitative estimate of drug-likeness (QED) is 0.0456. The Kier molecular flexibility index (Phi) is 19.8. The molecule has 0 fully saturated rings. The predicted octanol–water partition coefficient (Wildman–Crippen LogP) is 14.0. The van der Waals surface area contributed by atoms with Crippen molar-refractivity contribution < 1.29 is 10.2 Å². The fourth-order valence-corrected chi connectivity index (χ4v) is 6.87. The summed E-state index contributed by atoms with van der Waals surface area (Å²) in [5, 5.41) is 25.3. The highest BCUT2D eigenvalue weighted by atomic mass is 16.3. The molecular formula is C48H69N3O2. The minimum Gasteiger partial charge on any atom is -0.504 e. The van der Waals surface area contributed by atoms with E-state index < -0.39 is 0 Å². The number of aromatic hydroxyl groups is 2. The second-order valence-electron chi connectivity index (χ2n) is 14.2. The highest BCUT2D eigenvalue weighted by molar-refractivity contribution is 6.31. The zero-order valence-corrected chi connectivity index (χ0v) is 34.2. The zero-order valence-electron chi connectivity index (χ0n) is 34.2. The van der Waals surface area contributed by atoms with Gasteiger partial charge in [-0.05, 0) is 139 Å². The summed E-state index contributed by atoms with van der Waals surface area (Å²) < 4.78 is 0. The Morgan fingerprint density at radius 1 is 0.585 bits per heavy atom. The molecule has 0 saturated heterocycles. The number of aryl methyl sites for hydroxylation is 5. The van der Waals surface area contributed by atoms with Crippen LogP contribution in [-0.4, -0.2) is 28.7 Å². The van der Waals surface area contributed by atoms with Crippen LogP contribution in [0.15, 0.2) is 70.6 Å². The number of fused-ring (bicyclic) bond motifs is 1. The van der Waals surface area contributed by atoms with Gasteiger partial charge in [-0.2, -0.15) is 0 Å². The monoisotopic (exact) mass is 720 g/mol. The number of nitrogens with zero attached hydrogens (tertiary/aromatic N) is 2. The van der Waals surface area contributed by atoms with Crippen molar-refractivity contribution in [2.75, 3.05) is 11.9 Å². The SMILES string of the molecule is CCCCC(C=Nc1ccc(CC)c(CC)c1)=Nc1ccc(CC)c(CC)c1.CCCCCCCCNc1ccc2cc(O)c(O)cc2c1CCCC. The number of unbranched alkanes of at least 4 members (excludes halogenated alkanes) is 7. The Bertz CT molecular complexity index is 1740. The van der Waals surface area contributed by atoms with Crippen molar-refractivity contribution in [3.8, 4) is 11.5 Å². The van der Waals surface area contributed by atoms with Crippen LogP contribution in [0.2, 0.25) is 0 Å². The molecule has 0 amide bonds. The van der Waals surface area contributed by atoms with E-state index in [4.69, 9.17) is 9.98 Å². The third-order valence-corrected chi connectivity index (χ3v) is 10.2.